The second-order valence-electron chi connectivity index (χ2n) is 12.3. The normalized spacial score (nSPS) is 12.0. The van der Waals surface area contributed by atoms with Crippen LogP contribution in [-0.4, -0.2) is 0 Å². The zero-order chi connectivity index (χ0) is 30.1. The molecule has 0 atom stereocenters. The van der Waals surface area contributed by atoms with Crippen molar-refractivity contribution in [3.8, 4) is 0 Å². The van der Waals surface area contributed by atoms with Crippen molar-refractivity contribution < 1.29 is 4.42 Å². The van der Waals surface area contributed by atoms with E-state index in [1.807, 2.05) is 0 Å². The van der Waals surface area contributed by atoms with Crippen LogP contribution in [-0.2, 0) is 0 Å². The highest BCUT2D eigenvalue weighted by Crippen LogP contribution is 2.48. The molecule has 1 heterocycles. The first kappa shape index (κ1) is 25.9. The van der Waals surface area contributed by atoms with E-state index in [0.29, 0.717) is 5.92 Å². The van der Waals surface area contributed by atoms with Gasteiger partial charge in [0.25, 0.3) is 0 Å². The summed E-state index contributed by atoms with van der Waals surface area (Å²) in [6.07, 6.45) is 0. The monoisotopic (exact) mass is 577 g/mol. The van der Waals surface area contributed by atoms with Crippen molar-refractivity contribution in [2.24, 2.45) is 0 Å². The third-order valence-electron chi connectivity index (χ3n) is 9.35. The molecule has 0 fully saturated rings. The average molecular weight is 578 g/mol. The van der Waals surface area contributed by atoms with E-state index in [2.05, 4.69) is 164 Å². The van der Waals surface area contributed by atoms with E-state index < -0.39 is 0 Å². The lowest BCUT2D eigenvalue weighted by atomic mass is 9.95. The molecule has 0 amide bonds. The number of anilines is 3. The highest BCUT2D eigenvalue weighted by Gasteiger charge is 2.23. The van der Waals surface area contributed by atoms with Gasteiger partial charge in [0.15, 0.2) is 0 Å². The molecule has 9 aromatic rings. The van der Waals surface area contributed by atoms with Crippen molar-refractivity contribution >= 4 is 82.1 Å². The Balaban J connectivity index is 1.46. The fourth-order valence-electron chi connectivity index (χ4n) is 7.27. The number of rotatable bonds is 4. The van der Waals surface area contributed by atoms with Crippen LogP contribution in [0.25, 0.3) is 65.0 Å². The SMILES string of the molecule is CC(C)c1cccc2oc3c4ccccc4c(N(c4ccc5ccccc5c4)c4cc5ccccc5c5ccccc45)cc3c12. The number of furan rings is 1. The van der Waals surface area contributed by atoms with E-state index in [1.165, 1.54) is 43.3 Å². The highest BCUT2D eigenvalue weighted by molar-refractivity contribution is 6.22. The molecule has 0 saturated carbocycles. The topological polar surface area (TPSA) is 16.4 Å². The summed E-state index contributed by atoms with van der Waals surface area (Å²) in [5.74, 6) is 0.366. The van der Waals surface area contributed by atoms with E-state index in [9.17, 15) is 0 Å². The Bertz CT molecular complexity index is 2590. The Kier molecular flexibility index (Phi) is 5.73. The maximum absolute atomic E-state index is 6.67. The van der Waals surface area contributed by atoms with Gasteiger partial charge < -0.3 is 9.32 Å². The summed E-state index contributed by atoms with van der Waals surface area (Å²) in [4.78, 5) is 2.47. The summed E-state index contributed by atoms with van der Waals surface area (Å²) in [7, 11) is 0. The molecule has 0 bridgehead atoms. The van der Waals surface area contributed by atoms with E-state index in [1.54, 1.807) is 0 Å². The van der Waals surface area contributed by atoms with E-state index in [4.69, 9.17) is 4.42 Å². The number of hydrogen-bond acceptors (Lipinski definition) is 2. The second-order valence-corrected chi connectivity index (χ2v) is 12.3. The molecule has 9 rings (SSSR count). The quantitative estimate of drug-likeness (QED) is 0.193. The van der Waals surface area contributed by atoms with Gasteiger partial charge in [-0.1, -0.05) is 129 Å². The first-order chi connectivity index (χ1) is 22.2. The molecule has 0 aliphatic carbocycles. The van der Waals surface area contributed by atoms with Crippen LogP contribution in [0.3, 0.4) is 0 Å². The summed E-state index contributed by atoms with van der Waals surface area (Å²) in [5.41, 5.74) is 6.60. The molecule has 0 saturated heterocycles. The molecule has 8 aromatic carbocycles. The van der Waals surface area contributed by atoms with Gasteiger partial charge in [-0.05, 0) is 68.7 Å². The molecule has 214 valence electrons. The van der Waals surface area contributed by atoms with Crippen molar-refractivity contribution in [2.75, 3.05) is 4.90 Å². The van der Waals surface area contributed by atoms with Gasteiger partial charge in [-0.3, -0.25) is 0 Å². The Hall–Kier alpha value is -5.60. The first-order valence-corrected chi connectivity index (χ1v) is 15.7. The molecular formula is C43H31NO. The van der Waals surface area contributed by atoms with Crippen LogP contribution in [0.2, 0.25) is 0 Å². The summed E-state index contributed by atoms with van der Waals surface area (Å²) in [5, 5.41) is 12.0. The van der Waals surface area contributed by atoms with Crippen LogP contribution in [0.4, 0.5) is 17.1 Å². The number of fused-ring (bicyclic) bond motifs is 9. The highest BCUT2D eigenvalue weighted by atomic mass is 16.3. The molecule has 0 aliphatic rings. The largest absolute Gasteiger partial charge is 0.455 e. The van der Waals surface area contributed by atoms with Crippen LogP contribution >= 0.6 is 0 Å². The van der Waals surface area contributed by atoms with E-state index in [0.717, 1.165) is 44.4 Å². The molecule has 0 radical (unpaired) electrons. The van der Waals surface area contributed by atoms with Gasteiger partial charge in [0.05, 0.1) is 11.4 Å². The number of nitrogens with zero attached hydrogens (tertiary/aromatic N) is 1. The average Bonchev–Trinajstić information content (AvgIpc) is 3.47. The minimum atomic E-state index is 0.366. The second kappa shape index (κ2) is 9.97. The Morgan fingerprint density at radius 1 is 0.467 bits per heavy atom. The van der Waals surface area contributed by atoms with Crippen molar-refractivity contribution in [2.45, 2.75) is 19.8 Å². The smallest absolute Gasteiger partial charge is 0.143 e. The maximum atomic E-state index is 6.67. The zero-order valence-corrected chi connectivity index (χ0v) is 25.3. The van der Waals surface area contributed by atoms with E-state index in [-0.39, 0.29) is 0 Å². The molecule has 45 heavy (non-hydrogen) atoms. The molecular weight excluding hydrogens is 546 g/mol. The Morgan fingerprint density at radius 2 is 1.09 bits per heavy atom. The zero-order valence-electron chi connectivity index (χ0n) is 25.3. The summed E-state index contributed by atoms with van der Waals surface area (Å²) >= 11 is 0. The predicted molar refractivity (Wildman–Crippen MR) is 193 cm³/mol. The fraction of sp³-hybridized carbons (Fsp3) is 0.0698. The minimum Gasteiger partial charge on any atom is -0.455 e. The molecule has 2 heteroatoms. The minimum absolute atomic E-state index is 0.366. The number of benzene rings is 8. The van der Waals surface area contributed by atoms with Crippen molar-refractivity contribution in [3.63, 3.8) is 0 Å². The predicted octanol–water partition coefficient (Wildman–Crippen LogP) is 12.8. The van der Waals surface area contributed by atoms with Crippen LogP contribution in [0.5, 0.6) is 0 Å². The van der Waals surface area contributed by atoms with Gasteiger partial charge in [0.2, 0.25) is 0 Å². The molecule has 0 N–H and O–H groups in total. The molecule has 1 aromatic heterocycles. The molecule has 0 aliphatic heterocycles. The molecule has 0 spiro atoms. The molecule has 0 unspecified atom stereocenters. The van der Waals surface area contributed by atoms with Crippen LogP contribution in [0, 0.1) is 0 Å². The van der Waals surface area contributed by atoms with Crippen LogP contribution in [0.1, 0.15) is 25.3 Å². The van der Waals surface area contributed by atoms with Gasteiger partial charge in [0.1, 0.15) is 11.2 Å². The van der Waals surface area contributed by atoms with Gasteiger partial charge >= 0.3 is 0 Å². The third kappa shape index (κ3) is 3.96. The molecule has 2 nitrogen and oxygen atoms in total. The van der Waals surface area contributed by atoms with Gasteiger partial charge in [0, 0.05) is 32.6 Å². The standard InChI is InChI=1S/C43H31NO/c1-27(2)32-20-11-21-41-42(32)38-26-40(36-18-9-10-19-37(36)43(38)45-41)44(31-23-22-28-12-3-4-13-29(28)24-31)39-25-30-14-5-6-15-33(30)34-16-7-8-17-35(34)39/h3-27H,1-2H3. The van der Waals surface area contributed by atoms with Crippen LogP contribution < -0.4 is 4.90 Å². The lowest BCUT2D eigenvalue weighted by Crippen LogP contribution is -2.11. The van der Waals surface area contributed by atoms with Crippen molar-refractivity contribution in [1.82, 2.24) is 0 Å². The van der Waals surface area contributed by atoms with Gasteiger partial charge in [-0.2, -0.15) is 0 Å². The Morgan fingerprint density at radius 3 is 1.87 bits per heavy atom. The van der Waals surface area contributed by atoms with Crippen LogP contribution in [0.15, 0.2) is 150 Å². The lowest BCUT2D eigenvalue weighted by Gasteiger charge is -2.29. The third-order valence-corrected chi connectivity index (χ3v) is 9.35. The van der Waals surface area contributed by atoms with Gasteiger partial charge in [-0.15, -0.1) is 0 Å². The lowest BCUT2D eigenvalue weighted by molar-refractivity contribution is 0.672. The first-order valence-electron chi connectivity index (χ1n) is 15.7. The number of hydrogen-bond donors (Lipinski definition) is 0. The Labute approximate surface area is 261 Å². The van der Waals surface area contributed by atoms with Crippen molar-refractivity contribution in [1.29, 1.82) is 0 Å². The van der Waals surface area contributed by atoms with Crippen molar-refractivity contribution in [3.05, 3.63) is 151 Å². The maximum Gasteiger partial charge on any atom is 0.143 e. The summed E-state index contributed by atoms with van der Waals surface area (Å²) in [6.45, 7) is 4.52. The van der Waals surface area contributed by atoms with E-state index >= 15 is 0 Å². The summed E-state index contributed by atoms with van der Waals surface area (Å²) in [6, 6.07) is 52.9. The van der Waals surface area contributed by atoms with Gasteiger partial charge in [-0.25, -0.2) is 0 Å². The fourth-order valence-corrected chi connectivity index (χ4v) is 7.27. The summed E-state index contributed by atoms with van der Waals surface area (Å²) < 4.78 is 6.67.